The predicted octanol–water partition coefficient (Wildman–Crippen LogP) is 2.16. The van der Waals surface area contributed by atoms with Crippen molar-refractivity contribution in [1.82, 2.24) is 0 Å². The van der Waals surface area contributed by atoms with Crippen LogP contribution in [-0.4, -0.2) is 18.8 Å². The summed E-state index contributed by atoms with van der Waals surface area (Å²) in [4.78, 5) is 11.1. The second kappa shape index (κ2) is 4.91. The van der Waals surface area contributed by atoms with Gasteiger partial charge >= 0.3 is 0 Å². The van der Waals surface area contributed by atoms with Crippen LogP contribution in [0.1, 0.15) is 17.3 Å². The third-order valence-electron chi connectivity index (χ3n) is 1.72. The highest BCUT2D eigenvalue weighted by molar-refractivity contribution is 7.97. The smallest absolute Gasteiger partial charge is 0.220 e. The van der Waals surface area contributed by atoms with Crippen molar-refractivity contribution in [2.75, 3.05) is 13.7 Å². The minimum Gasteiger partial charge on any atom is -0.497 e. The monoisotopic (exact) mass is 212 g/mol. The zero-order valence-corrected chi connectivity index (χ0v) is 9.01. The molecule has 1 aromatic rings. The Labute approximate surface area is 88.4 Å². The van der Waals surface area contributed by atoms with E-state index in [1.165, 1.54) is 0 Å². The van der Waals surface area contributed by atoms with E-state index in [1.807, 2.05) is 6.92 Å². The molecule has 0 fully saturated rings. The van der Waals surface area contributed by atoms with Crippen LogP contribution in [-0.2, 0) is 0 Å². The second-order valence-electron chi connectivity index (χ2n) is 2.60. The van der Waals surface area contributed by atoms with Crippen LogP contribution < -0.4 is 9.47 Å². The third-order valence-corrected chi connectivity index (χ3v) is 1.96. The first-order chi connectivity index (χ1) is 6.69. The van der Waals surface area contributed by atoms with Crippen molar-refractivity contribution in [3.63, 3.8) is 0 Å². The summed E-state index contributed by atoms with van der Waals surface area (Å²) in [6.45, 7) is 2.35. The lowest BCUT2D eigenvalue weighted by molar-refractivity contribution is 0.108. The Hall–Kier alpha value is -1.16. The Morgan fingerprint density at radius 2 is 2.21 bits per heavy atom. The van der Waals surface area contributed by atoms with E-state index in [4.69, 9.17) is 9.47 Å². The number of carbonyl (C=O) groups excluding carboxylic acids is 1. The molecule has 0 aliphatic carbocycles. The van der Waals surface area contributed by atoms with E-state index in [0.717, 1.165) is 0 Å². The first-order valence-corrected chi connectivity index (χ1v) is 4.68. The van der Waals surface area contributed by atoms with Crippen LogP contribution in [0.2, 0.25) is 0 Å². The molecule has 4 heteroatoms. The van der Waals surface area contributed by atoms with Crippen molar-refractivity contribution in [3.8, 4) is 11.5 Å². The van der Waals surface area contributed by atoms with Crippen molar-refractivity contribution in [3.05, 3.63) is 23.8 Å². The number of rotatable bonds is 4. The highest BCUT2D eigenvalue weighted by Crippen LogP contribution is 2.25. The average Bonchev–Trinajstić information content (AvgIpc) is 2.17. The summed E-state index contributed by atoms with van der Waals surface area (Å²) in [6.07, 6.45) is 0. The minimum absolute atomic E-state index is 0.309. The van der Waals surface area contributed by atoms with Gasteiger partial charge in [-0.15, -0.1) is 12.6 Å². The zero-order chi connectivity index (χ0) is 10.6. The molecule has 1 rings (SSSR count). The number of ether oxygens (including phenoxy) is 2. The SMILES string of the molecule is CCOc1cc(OC)ccc1C(=O)S. The molecule has 0 aliphatic rings. The van der Waals surface area contributed by atoms with Gasteiger partial charge < -0.3 is 9.47 Å². The van der Waals surface area contributed by atoms with E-state index in [-0.39, 0.29) is 5.12 Å². The Morgan fingerprint density at radius 1 is 1.50 bits per heavy atom. The average molecular weight is 212 g/mol. The van der Waals surface area contributed by atoms with Crippen LogP contribution in [0.4, 0.5) is 0 Å². The van der Waals surface area contributed by atoms with Crippen molar-refractivity contribution >= 4 is 17.7 Å². The van der Waals surface area contributed by atoms with Crippen LogP contribution in [0.25, 0.3) is 0 Å². The quantitative estimate of drug-likeness (QED) is 0.777. The first-order valence-electron chi connectivity index (χ1n) is 4.23. The van der Waals surface area contributed by atoms with Gasteiger partial charge in [0.25, 0.3) is 0 Å². The van der Waals surface area contributed by atoms with Crippen LogP contribution in [0, 0.1) is 0 Å². The molecule has 0 amide bonds. The van der Waals surface area contributed by atoms with Gasteiger partial charge in [0.15, 0.2) is 0 Å². The van der Waals surface area contributed by atoms with Gasteiger partial charge in [0.1, 0.15) is 11.5 Å². The Bertz CT molecular complexity index is 336. The molecule has 0 aromatic heterocycles. The topological polar surface area (TPSA) is 35.5 Å². The van der Waals surface area contributed by atoms with Gasteiger partial charge in [0.2, 0.25) is 5.12 Å². The van der Waals surface area contributed by atoms with Gasteiger partial charge in [0, 0.05) is 6.07 Å². The lowest BCUT2D eigenvalue weighted by Gasteiger charge is -2.08. The molecule has 0 bridgehead atoms. The summed E-state index contributed by atoms with van der Waals surface area (Å²) < 4.78 is 10.3. The number of hydrogen-bond donors (Lipinski definition) is 1. The van der Waals surface area contributed by atoms with Gasteiger partial charge in [-0.05, 0) is 19.1 Å². The van der Waals surface area contributed by atoms with Crippen LogP contribution in [0.15, 0.2) is 18.2 Å². The maximum absolute atomic E-state index is 11.1. The summed E-state index contributed by atoms with van der Waals surface area (Å²) >= 11 is 3.75. The molecule has 0 atom stereocenters. The fraction of sp³-hybridized carbons (Fsp3) is 0.300. The van der Waals surface area contributed by atoms with E-state index >= 15 is 0 Å². The number of methoxy groups -OCH3 is 1. The fourth-order valence-electron chi connectivity index (χ4n) is 1.08. The summed E-state index contributed by atoms with van der Waals surface area (Å²) in [5.74, 6) is 1.17. The summed E-state index contributed by atoms with van der Waals surface area (Å²) in [5, 5.41) is -0.309. The molecule has 0 saturated heterocycles. The van der Waals surface area contributed by atoms with Crippen LogP contribution in [0.5, 0.6) is 11.5 Å². The largest absolute Gasteiger partial charge is 0.497 e. The number of carbonyl (C=O) groups is 1. The summed E-state index contributed by atoms with van der Waals surface area (Å²) in [7, 11) is 1.56. The fourth-order valence-corrected chi connectivity index (χ4v) is 1.27. The van der Waals surface area contributed by atoms with Gasteiger partial charge in [-0.1, -0.05) is 0 Å². The van der Waals surface area contributed by atoms with Crippen molar-refractivity contribution in [2.24, 2.45) is 0 Å². The Balaban J connectivity index is 3.10. The zero-order valence-electron chi connectivity index (χ0n) is 8.11. The molecule has 0 N–H and O–H groups in total. The summed E-state index contributed by atoms with van der Waals surface area (Å²) in [5.41, 5.74) is 0.455. The van der Waals surface area contributed by atoms with E-state index in [2.05, 4.69) is 12.6 Å². The maximum Gasteiger partial charge on any atom is 0.220 e. The highest BCUT2D eigenvalue weighted by Gasteiger charge is 2.09. The van der Waals surface area contributed by atoms with E-state index in [1.54, 1.807) is 25.3 Å². The lowest BCUT2D eigenvalue weighted by Crippen LogP contribution is -1.99. The molecule has 3 nitrogen and oxygen atoms in total. The first kappa shape index (κ1) is 10.9. The van der Waals surface area contributed by atoms with Gasteiger partial charge in [-0.25, -0.2) is 0 Å². The van der Waals surface area contributed by atoms with E-state index in [9.17, 15) is 4.79 Å². The Kier molecular flexibility index (Phi) is 3.83. The molecule has 0 unspecified atom stereocenters. The molecule has 14 heavy (non-hydrogen) atoms. The Morgan fingerprint density at radius 3 is 2.71 bits per heavy atom. The lowest BCUT2D eigenvalue weighted by atomic mass is 10.2. The maximum atomic E-state index is 11.1. The standard InChI is InChI=1S/C10H12O3S/c1-3-13-9-6-7(12-2)4-5-8(9)10(11)14/h4-6H,3H2,1-2H3,(H,11,14). The minimum atomic E-state index is -0.309. The molecule has 0 radical (unpaired) electrons. The number of hydrogen-bond acceptors (Lipinski definition) is 3. The molecule has 76 valence electrons. The third kappa shape index (κ3) is 2.42. The van der Waals surface area contributed by atoms with Gasteiger partial charge in [-0.2, -0.15) is 0 Å². The molecular formula is C10H12O3S. The van der Waals surface area contributed by atoms with Crippen LogP contribution in [0.3, 0.4) is 0 Å². The number of benzene rings is 1. The van der Waals surface area contributed by atoms with Gasteiger partial charge in [0.05, 0.1) is 19.3 Å². The van der Waals surface area contributed by atoms with Crippen molar-refractivity contribution < 1.29 is 14.3 Å². The molecule has 0 saturated carbocycles. The molecule has 0 heterocycles. The molecule has 1 aromatic carbocycles. The van der Waals surface area contributed by atoms with Crippen LogP contribution >= 0.6 is 12.6 Å². The summed E-state index contributed by atoms with van der Waals surface area (Å²) in [6, 6.07) is 5.01. The van der Waals surface area contributed by atoms with E-state index in [0.29, 0.717) is 23.7 Å². The van der Waals surface area contributed by atoms with Crippen molar-refractivity contribution in [2.45, 2.75) is 6.92 Å². The van der Waals surface area contributed by atoms with Crippen molar-refractivity contribution in [1.29, 1.82) is 0 Å². The normalized spacial score (nSPS) is 9.64. The molecule has 0 spiro atoms. The van der Waals surface area contributed by atoms with E-state index < -0.39 is 0 Å². The molecular weight excluding hydrogens is 200 g/mol. The highest BCUT2D eigenvalue weighted by atomic mass is 32.1. The van der Waals surface area contributed by atoms with Gasteiger partial charge in [-0.3, -0.25) is 4.79 Å². The predicted molar refractivity (Wildman–Crippen MR) is 57.5 cm³/mol. The molecule has 0 aliphatic heterocycles. The second-order valence-corrected chi connectivity index (χ2v) is 3.01. The number of thiol groups is 1.